The fourth-order valence-corrected chi connectivity index (χ4v) is 4.30. The number of nitriles is 1. The molecule has 0 saturated carbocycles. The van der Waals surface area contributed by atoms with Crippen LogP contribution in [0, 0.1) is 17.2 Å². The van der Waals surface area contributed by atoms with E-state index in [1.807, 2.05) is 0 Å². The Hall–Kier alpha value is -2.46. The number of carbonyl (C=O) groups is 1. The Kier molecular flexibility index (Phi) is 5.00. The zero-order valence-electron chi connectivity index (χ0n) is 13.5. The number of thiophene rings is 1. The number of anilines is 1. The van der Waals surface area contributed by atoms with Crippen LogP contribution in [0.15, 0.2) is 24.3 Å². The fraction of sp³-hybridized carbons (Fsp3) is 0.333. The topological polar surface area (TPSA) is 62.1 Å². The largest absolute Gasteiger partial charge is 0.435 e. The first-order valence-electron chi connectivity index (χ1n) is 7.88. The fourth-order valence-electron chi connectivity index (χ4n) is 2.95. The van der Waals surface area contributed by atoms with Crippen LogP contribution in [0.25, 0.3) is 0 Å². The minimum absolute atomic E-state index is 0.0811. The van der Waals surface area contributed by atoms with Crippen LogP contribution in [0.3, 0.4) is 0 Å². The molecule has 1 aromatic carbocycles. The molecule has 2 aromatic rings. The van der Waals surface area contributed by atoms with Crippen molar-refractivity contribution in [3.8, 4) is 11.8 Å². The van der Waals surface area contributed by atoms with E-state index in [-0.39, 0.29) is 11.3 Å². The molecule has 1 N–H and O–H groups in total. The van der Waals surface area contributed by atoms with E-state index in [1.54, 1.807) is 0 Å². The van der Waals surface area contributed by atoms with Gasteiger partial charge >= 0.3 is 6.61 Å². The number of hydrogen-bond donors (Lipinski definition) is 1. The standard InChI is InChI=1S/C18H16F2N2O2S/c1-10-5-6-13-14(9-21)17(25-15(13)7-10)22-16(23)11-3-2-4-12(8-11)24-18(19)20/h2-4,8,10,18H,5-7H2,1H3,(H,22,23). The molecule has 0 radical (unpaired) electrons. The van der Waals surface area contributed by atoms with E-state index in [4.69, 9.17) is 0 Å². The van der Waals surface area contributed by atoms with Crippen LogP contribution in [0.1, 0.15) is 39.7 Å². The van der Waals surface area contributed by atoms with E-state index < -0.39 is 12.5 Å². The number of amides is 1. The van der Waals surface area contributed by atoms with Gasteiger partial charge in [0, 0.05) is 10.4 Å². The maximum Gasteiger partial charge on any atom is 0.387 e. The van der Waals surface area contributed by atoms with E-state index in [0.717, 1.165) is 29.7 Å². The number of nitrogens with one attached hydrogen (secondary N) is 1. The minimum atomic E-state index is -2.95. The molecule has 0 spiro atoms. The van der Waals surface area contributed by atoms with Gasteiger partial charge in [-0.2, -0.15) is 14.0 Å². The molecular weight excluding hydrogens is 346 g/mol. The van der Waals surface area contributed by atoms with Crippen LogP contribution in [-0.2, 0) is 12.8 Å². The molecule has 0 bridgehead atoms. The highest BCUT2D eigenvalue weighted by Gasteiger charge is 2.25. The van der Waals surface area contributed by atoms with Crippen molar-refractivity contribution >= 4 is 22.2 Å². The summed E-state index contributed by atoms with van der Waals surface area (Å²) < 4.78 is 28.9. The van der Waals surface area contributed by atoms with Crippen LogP contribution in [-0.4, -0.2) is 12.5 Å². The monoisotopic (exact) mass is 362 g/mol. The van der Waals surface area contributed by atoms with Crippen molar-refractivity contribution in [2.45, 2.75) is 32.8 Å². The minimum Gasteiger partial charge on any atom is -0.435 e. The summed E-state index contributed by atoms with van der Waals surface area (Å²) in [4.78, 5) is 13.6. The van der Waals surface area contributed by atoms with E-state index in [2.05, 4.69) is 23.0 Å². The molecule has 0 saturated heterocycles. The molecular formula is C18H16F2N2O2S. The Morgan fingerprint density at radius 3 is 3.00 bits per heavy atom. The summed E-state index contributed by atoms with van der Waals surface area (Å²) in [6, 6.07) is 7.77. The number of alkyl halides is 2. The molecule has 1 unspecified atom stereocenters. The Morgan fingerprint density at radius 2 is 2.28 bits per heavy atom. The number of nitrogens with zero attached hydrogens (tertiary/aromatic N) is 1. The molecule has 130 valence electrons. The molecule has 7 heteroatoms. The Balaban J connectivity index is 1.83. The van der Waals surface area contributed by atoms with Gasteiger partial charge in [0.2, 0.25) is 0 Å². The molecule has 25 heavy (non-hydrogen) atoms. The van der Waals surface area contributed by atoms with Gasteiger partial charge in [-0.15, -0.1) is 11.3 Å². The number of carbonyl (C=O) groups excluding carboxylic acids is 1. The van der Waals surface area contributed by atoms with Crippen molar-refractivity contribution in [3.63, 3.8) is 0 Å². The predicted molar refractivity (Wildman–Crippen MR) is 91.3 cm³/mol. The van der Waals surface area contributed by atoms with Crippen molar-refractivity contribution in [1.29, 1.82) is 5.26 Å². The van der Waals surface area contributed by atoms with Gasteiger partial charge in [0.25, 0.3) is 5.91 Å². The summed E-state index contributed by atoms with van der Waals surface area (Å²) in [6.07, 6.45) is 2.77. The summed E-state index contributed by atoms with van der Waals surface area (Å²) in [6.45, 7) is -0.781. The molecule has 1 aromatic heterocycles. The van der Waals surface area contributed by atoms with Crippen molar-refractivity contribution in [2.24, 2.45) is 5.92 Å². The summed E-state index contributed by atoms with van der Waals surface area (Å²) in [5.41, 5.74) is 1.73. The van der Waals surface area contributed by atoms with Crippen molar-refractivity contribution in [3.05, 3.63) is 45.8 Å². The molecule has 4 nitrogen and oxygen atoms in total. The summed E-state index contributed by atoms with van der Waals surface area (Å²) >= 11 is 1.42. The number of fused-ring (bicyclic) bond motifs is 1. The second kappa shape index (κ2) is 7.19. The third-order valence-electron chi connectivity index (χ3n) is 4.17. The summed E-state index contributed by atoms with van der Waals surface area (Å²) in [5.74, 6) is 0.0229. The van der Waals surface area contributed by atoms with Crippen molar-refractivity contribution in [1.82, 2.24) is 0 Å². The van der Waals surface area contributed by atoms with Gasteiger partial charge < -0.3 is 10.1 Å². The highest BCUT2D eigenvalue weighted by Crippen LogP contribution is 2.39. The van der Waals surface area contributed by atoms with Crippen molar-refractivity contribution in [2.75, 3.05) is 5.32 Å². The maximum absolute atomic E-state index is 12.4. The van der Waals surface area contributed by atoms with Gasteiger partial charge in [-0.05, 0) is 48.9 Å². The SMILES string of the molecule is CC1CCc2c(sc(NC(=O)c3cccc(OC(F)F)c3)c2C#N)C1. The average molecular weight is 362 g/mol. The van der Waals surface area contributed by atoms with Crippen LogP contribution in [0.5, 0.6) is 5.75 Å². The Labute approximate surface area is 148 Å². The summed E-state index contributed by atoms with van der Waals surface area (Å²) in [7, 11) is 0. The number of halogens is 2. The van der Waals surface area contributed by atoms with E-state index in [0.29, 0.717) is 16.5 Å². The lowest BCUT2D eigenvalue weighted by atomic mass is 9.88. The molecule has 1 heterocycles. The zero-order valence-corrected chi connectivity index (χ0v) is 14.3. The van der Waals surface area contributed by atoms with Crippen LogP contribution >= 0.6 is 11.3 Å². The zero-order chi connectivity index (χ0) is 18.0. The summed E-state index contributed by atoms with van der Waals surface area (Å²) in [5, 5.41) is 12.7. The van der Waals surface area contributed by atoms with Crippen LogP contribution in [0.2, 0.25) is 0 Å². The number of ether oxygens (including phenoxy) is 1. The Bertz CT molecular complexity index is 842. The van der Waals surface area contributed by atoms with Crippen LogP contribution in [0.4, 0.5) is 13.8 Å². The number of rotatable bonds is 4. The van der Waals surface area contributed by atoms with Crippen LogP contribution < -0.4 is 10.1 Å². The molecule has 0 aliphatic heterocycles. The lowest BCUT2D eigenvalue weighted by molar-refractivity contribution is -0.0498. The van der Waals surface area contributed by atoms with Gasteiger partial charge in [0.15, 0.2) is 0 Å². The lowest BCUT2D eigenvalue weighted by Crippen LogP contribution is -2.12. The van der Waals surface area contributed by atoms with Gasteiger partial charge in [-0.3, -0.25) is 4.79 Å². The average Bonchev–Trinajstić information content (AvgIpc) is 2.90. The highest BCUT2D eigenvalue weighted by molar-refractivity contribution is 7.16. The molecule has 1 amide bonds. The first kappa shape index (κ1) is 17.4. The quantitative estimate of drug-likeness (QED) is 0.865. The molecule has 1 atom stereocenters. The number of hydrogen-bond acceptors (Lipinski definition) is 4. The predicted octanol–water partition coefficient (Wildman–Crippen LogP) is 4.60. The molecule has 1 aliphatic rings. The highest BCUT2D eigenvalue weighted by atomic mass is 32.1. The molecule has 3 rings (SSSR count). The third-order valence-corrected chi connectivity index (χ3v) is 5.34. The Morgan fingerprint density at radius 1 is 1.48 bits per heavy atom. The second-order valence-corrected chi connectivity index (χ2v) is 7.13. The van der Waals surface area contributed by atoms with E-state index in [1.165, 1.54) is 35.6 Å². The second-order valence-electron chi connectivity index (χ2n) is 6.03. The molecule has 1 aliphatic carbocycles. The smallest absolute Gasteiger partial charge is 0.387 e. The van der Waals surface area contributed by atoms with E-state index in [9.17, 15) is 18.8 Å². The maximum atomic E-state index is 12.4. The molecule has 0 fully saturated rings. The lowest BCUT2D eigenvalue weighted by Gasteiger charge is -2.17. The normalized spacial score (nSPS) is 16.2. The van der Waals surface area contributed by atoms with Gasteiger partial charge in [0.05, 0.1) is 5.56 Å². The van der Waals surface area contributed by atoms with E-state index >= 15 is 0 Å². The first-order chi connectivity index (χ1) is 12.0. The van der Waals surface area contributed by atoms with Gasteiger partial charge in [-0.1, -0.05) is 13.0 Å². The third kappa shape index (κ3) is 3.80. The first-order valence-corrected chi connectivity index (χ1v) is 8.70. The number of benzene rings is 1. The van der Waals surface area contributed by atoms with Gasteiger partial charge in [0.1, 0.15) is 16.8 Å². The van der Waals surface area contributed by atoms with Crippen molar-refractivity contribution < 1.29 is 18.3 Å². The van der Waals surface area contributed by atoms with Gasteiger partial charge in [-0.25, -0.2) is 0 Å².